The lowest BCUT2D eigenvalue weighted by molar-refractivity contribution is 0.0951. The molecule has 2 aromatic rings. The summed E-state index contributed by atoms with van der Waals surface area (Å²) in [6, 6.07) is 10.6. The first-order valence-electron chi connectivity index (χ1n) is 5.71. The summed E-state index contributed by atoms with van der Waals surface area (Å²) < 4.78 is 0. The van der Waals surface area contributed by atoms with Crippen molar-refractivity contribution in [2.24, 2.45) is 0 Å². The third-order valence-electron chi connectivity index (χ3n) is 2.67. The molecule has 0 saturated carbocycles. The summed E-state index contributed by atoms with van der Waals surface area (Å²) in [4.78, 5) is 11.8. The van der Waals surface area contributed by atoms with Crippen molar-refractivity contribution >= 4 is 11.6 Å². The smallest absolute Gasteiger partial charge is 0.251 e. The lowest BCUT2D eigenvalue weighted by atomic mass is 10.1. The first kappa shape index (κ1) is 12.8. The molecule has 0 aromatic heterocycles. The Bertz CT molecular complexity index is 594. The first-order valence-corrected chi connectivity index (χ1v) is 5.71. The van der Waals surface area contributed by atoms with Crippen LogP contribution in [0.1, 0.15) is 15.9 Å². The summed E-state index contributed by atoms with van der Waals surface area (Å²) in [6.07, 6.45) is 0. The molecule has 2 rings (SSSR count). The fourth-order valence-electron chi connectivity index (χ4n) is 1.64. The van der Waals surface area contributed by atoms with Gasteiger partial charge in [0.05, 0.1) is 0 Å². The van der Waals surface area contributed by atoms with E-state index in [-0.39, 0.29) is 24.0 Å². The standard InChI is InChI=1S/C14H14N2O3/c15-11-3-6-13(18)10(7-11)8-16-14(19)9-1-4-12(17)5-2-9/h1-7,17-18H,8,15H2,(H,16,19). The molecule has 0 aliphatic rings. The minimum atomic E-state index is -0.290. The molecule has 98 valence electrons. The van der Waals surface area contributed by atoms with E-state index < -0.39 is 0 Å². The molecule has 0 bridgehead atoms. The minimum Gasteiger partial charge on any atom is -0.508 e. The third kappa shape index (κ3) is 3.16. The predicted octanol–water partition coefficient (Wildman–Crippen LogP) is 1.61. The number of phenols is 2. The molecule has 0 heterocycles. The van der Waals surface area contributed by atoms with E-state index in [1.807, 2.05) is 0 Å². The molecule has 0 aliphatic heterocycles. The number of carbonyl (C=O) groups is 1. The van der Waals surface area contributed by atoms with Gasteiger partial charge in [0.1, 0.15) is 11.5 Å². The largest absolute Gasteiger partial charge is 0.508 e. The van der Waals surface area contributed by atoms with Crippen LogP contribution in [0.5, 0.6) is 11.5 Å². The van der Waals surface area contributed by atoms with Gasteiger partial charge in [0.2, 0.25) is 0 Å². The van der Waals surface area contributed by atoms with Crippen LogP contribution in [0.2, 0.25) is 0 Å². The molecule has 0 saturated heterocycles. The van der Waals surface area contributed by atoms with Crippen molar-refractivity contribution in [1.82, 2.24) is 5.32 Å². The van der Waals surface area contributed by atoms with Crippen LogP contribution < -0.4 is 11.1 Å². The predicted molar refractivity (Wildman–Crippen MR) is 71.8 cm³/mol. The van der Waals surface area contributed by atoms with Crippen LogP contribution in [0, 0.1) is 0 Å². The van der Waals surface area contributed by atoms with Crippen LogP contribution >= 0.6 is 0 Å². The monoisotopic (exact) mass is 258 g/mol. The van der Waals surface area contributed by atoms with Crippen LogP contribution in [0.25, 0.3) is 0 Å². The molecular weight excluding hydrogens is 244 g/mol. The summed E-state index contributed by atoms with van der Waals surface area (Å²) >= 11 is 0. The molecule has 0 radical (unpaired) electrons. The molecular formula is C14H14N2O3. The first-order chi connectivity index (χ1) is 9.06. The maximum Gasteiger partial charge on any atom is 0.251 e. The van der Waals surface area contributed by atoms with Crippen molar-refractivity contribution in [1.29, 1.82) is 0 Å². The fraction of sp³-hybridized carbons (Fsp3) is 0.0714. The van der Waals surface area contributed by atoms with Gasteiger partial charge in [-0.25, -0.2) is 0 Å². The Morgan fingerprint density at radius 1 is 1.11 bits per heavy atom. The fourth-order valence-corrected chi connectivity index (χ4v) is 1.64. The van der Waals surface area contributed by atoms with Gasteiger partial charge in [-0.3, -0.25) is 4.79 Å². The van der Waals surface area contributed by atoms with Gasteiger partial charge >= 0.3 is 0 Å². The Hall–Kier alpha value is -2.69. The summed E-state index contributed by atoms with van der Waals surface area (Å²) in [6.45, 7) is 0.177. The average Bonchev–Trinajstić information content (AvgIpc) is 2.40. The zero-order valence-electron chi connectivity index (χ0n) is 10.1. The van der Waals surface area contributed by atoms with Gasteiger partial charge in [-0.05, 0) is 42.5 Å². The molecule has 2 aromatic carbocycles. The highest BCUT2D eigenvalue weighted by Crippen LogP contribution is 2.19. The molecule has 19 heavy (non-hydrogen) atoms. The summed E-state index contributed by atoms with van der Waals surface area (Å²) in [5.41, 5.74) is 7.11. The van der Waals surface area contributed by atoms with E-state index in [2.05, 4.69) is 5.32 Å². The number of hydrogen-bond donors (Lipinski definition) is 4. The Morgan fingerprint density at radius 2 is 1.79 bits per heavy atom. The second-order valence-electron chi connectivity index (χ2n) is 4.12. The molecule has 0 aliphatic carbocycles. The molecule has 0 unspecified atom stereocenters. The normalized spacial score (nSPS) is 10.1. The molecule has 0 spiro atoms. The number of aromatic hydroxyl groups is 2. The number of phenolic OH excluding ortho intramolecular Hbond substituents is 2. The number of benzene rings is 2. The maximum atomic E-state index is 11.8. The summed E-state index contributed by atoms with van der Waals surface area (Å²) in [7, 11) is 0. The molecule has 5 nitrogen and oxygen atoms in total. The zero-order valence-corrected chi connectivity index (χ0v) is 10.1. The van der Waals surface area contributed by atoms with Gasteiger partial charge in [-0.2, -0.15) is 0 Å². The molecule has 5 N–H and O–H groups in total. The maximum absolute atomic E-state index is 11.8. The van der Waals surface area contributed by atoms with E-state index in [9.17, 15) is 9.90 Å². The minimum absolute atomic E-state index is 0.0835. The van der Waals surface area contributed by atoms with E-state index in [4.69, 9.17) is 10.8 Å². The number of rotatable bonds is 3. The molecule has 0 atom stereocenters. The molecule has 0 fully saturated rings. The Labute approximate surface area is 110 Å². The van der Waals surface area contributed by atoms with Gasteiger partial charge in [0.15, 0.2) is 0 Å². The quantitative estimate of drug-likeness (QED) is 0.497. The lowest BCUT2D eigenvalue weighted by Gasteiger charge is -2.08. The molecule has 1 amide bonds. The topological polar surface area (TPSA) is 95.6 Å². The van der Waals surface area contributed by atoms with Crippen molar-refractivity contribution in [2.45, 2.75) is 6.54 Å². The van der Waals surface area contributed by atoms with Crippen molar-refractivity contribution in [3.63, 3.8) is 0 Å². The van der Waals surface area contributed by atoms with Crippen LogP contribution in [0.15, 0.2) is 42.5 Å². The SMILES string of the molecule is Nc1ccc(O)c(CNC(=O)c2ccc(O)cc2)c1. The number of hydrogen-bond acceptors (Lipinski definition) is 4. The number of nitrogens with one attached hydrogen (secondary N) is 1. The van der Waals surface area contributed by atoms with Crippen molar-refractivity contribution < 1.29 is 15.0 Å². The number of anilines is 1. The summed E-state index contributed by atoms with van der Waals surface area (Å²) in [5.74, 6) is -0.105. The molecule has 5 heteroatoms. The lowest BCUT2D eigenvalue weighted by Crippen LogP contribution is -2.22. The second-order valence-corrected chi connectivity index (χ2v) is 4.12. The van der Waals surface area contributed by atoms with Gasteiger partial charge in [-0.1, -0.05) is 0 Å². The van der Waals surface area contributed by atoms with E-state index >= 15 is 0 Å². The van der Waals surface area contributed by atoms with E-state index in [1.165, 1.54) is 30.3 Å². The highest BCUT2D eigenvalue weighted by atomic mass is 16.3. The van der Waals surface area contributed by atoms with Crippen LogP contribution in [0.4, 0.5) is 5.69 Å². The Kier molecular flexibility index (Phi) is 3.56. The van der Waals surface area contributed by atoms with E-state index in [0.29, 0.717) is 16.8 Å². The van der Waals surface area contributed by atoms with Crippen LogP contribution in [-0.2, 0) is 6.54 Å². The number of carbonyl (C=O) groups excluding carboxylic acids is 1. The van der Waals surface area contributed by atoms with E-state index in [1.54, 1.807) is 12.1 Å². The second kappa shape index (κ2) is 5.30. The van der Waals surface area contributed by atoms with Gasteiger partial charge in [-0.15, -0.1) is 0 Å². The van der Waals surface area contributed by atoms with Crippen molar-refractivity contribution in [3.05, 3.63) is 53.6 Å². The zero-order chi connectivity index (χ0) is 13.8. The van der Waals surface area contributed by atoms with Gasteiger partial charge < -0.3 is 21.3 Å². The van der Waals surface area contributed by atoms with Gasteiger partial charge in [0, 0.05) is 23.4 Å². The number of nitrogen functional groups attached to an aromatic ring is 1. The average molecular weight is 258 g/mol. The van der Waals surface area contributed by atoms with Crippen molar-refractivity contribution in [2.75, 3.05) is 5.73 Å². The van der Waals surface area contributed by atoms with Crippen LogP contribution in [0.3, 0.4) is 0 Å². The number of amides is 1. The Balaban J connectivity index is 2.04. The highest BCUT2D eigenvalue weighted by Gasteiger charge is 2.07. The van der Waals surface area contributed by atoms with Crippen LogP contribution in [-0.4, -0.2) is 16.1 Å². The van der Waals surface area contributed by atoms with Gasteiger partial charge in [0.25, 0.3) is 5.91 Å². The third-order valence-corrected chi connectivity index (χ3v) is 2.67. The highest BCUT2D eigenvalue weighted by molar-refractivity contribution is 5.94. The Morgan fingerprint density at radius 3 is 2.47 bits per heavy atom. The van der Waals surface area contributed by atoms with E-state index in [0.717, 1.165) is 0 Å². The van der Waals surface area contributed by atoms with Crippen molar-refractivity contribution in [3.8, 4) is 11.5 Å². The summed E-state index contributed by atoms with van der Waals surface area (Å²) in [5, 5.41) is 21.4. The number of nitrogens with two attached hydrogens (primary N) is 1.